The Morgan fingerprint density at radius 3 is 2.24 bits per heavy atom. The third kappa shape index (κ3) is 2.97. The maximum Gasteiger partial charge on any atom is 0.332 e. The highest BCUT2D eigenvalue weighted by Crippen LogP contribution is 2.22. The van der Waals surface area contributed by atoms with Crippen molar-refractivity contribution in [2.45, 2.75) is 19.4 Å². The van der Waals surface area contributed by atoms with Crippen LogP contribution in [0.4, 0.5) is 0 Å². The molecule has 3 heterocycles. The maximum absolute atomic E-state index is 12.2. The lowest BCUT2D eigenvalue weighted by molar-refractivity contribution is -0.0923. The van der Waals surface area contributed by atoms with Crippen molar-refractivity contribution >= 4 is 23.0 Å². The molecule has 1 aliphatic rings. The molecule has 0 atom stereocenters. The molecule has 150 valence electrons. The molecule has 1 aromatic carbocycles. The van der Waals surface area contributed by atoms with Crippen molar-refractivity contribution in [1.82, 2.24) is 23.7 Å². The quantitative estimate of drug-likeness (QED) is 0.441. The highest BCUT2D eigenvalue weighted by Gasteiger charge is 2.36. The van der Waals surface area contributed by atoms with Crippen molar-refractivity contribution in [3.63, 3.8) is 0 Å². The average molecular weight is 397 g/mol. The molecule has 1 aliphatic heterocycles. The second kappa shape index (κ2) is 7.13. The molecule has 0 fully saturated rings. The Balaban J connectivity index is 1.38. The third-order valence-electron chi connectivity index (χ3n) is 4.98. The number of aryl methyl sites for hydroxylation is 2. The fourth-order valence-electron chi connectivity index (χ4n) is 3.43. The summed E-state index contributed by atoms with van der Waals surface area (Å²) < 4.78 is 4.15. The maximum atomic E-state index is 12.2. The number of hydroxylamine groups is 2. The van der Waals surface area contributed by atoms with E-state index >= 15 is 0 Å². The summed E-state index contributed by atoms with van der Waals surface area (Å²) in [7, 11) is 3.01. The van der Waals surface area contributed by atoms with Gasteiger partial charge < -0.3 is 4.57 Å². The normalized spacial score (nSPS) is 13.5. The Hall–Kier alpha value is -3.53. The van der Waals surface area contributed by atoms with Crippen molar-refractivity contribution in [2.75, 3.05) is 6.61 Å². The monoisotopic (exact) mass is 397 g/mol. The van der Waals surface area contributed by atoms with Gasteiger partial charge in [0.15, 0.2) is 5.52 Å². The van der Waals surface area contributed by atoms with Gasteiger partial charge in [0.05, 0.1) is 24.1 Å². The van der Waals surface area contributed by atoms with Crippen molar-refractivity contribution in [3.8, 4) is 0 Å². The van der Waals surface area contributed by atoms with Gasteiger partial charge in [-0.2, -0.15) is 0 Å². The van der Waals surface area contributed by atoms with E-state index in [-0.39, 0.29) is 12.1 Å². The number of unbranched alkanes of at least 4 members (excludes halogenated alkanes) is 1. The van der Waals surface area contributed by atoms with Crippen LogP contribution in [0.2, 0.25) is 0 Å². The second-order valence-corrected chi connectivity index (χ2v) is 6.81. The molecule has 2 amide bonds. The minimum atomic E-state index is -0.461. The van der Waals surface area contributed by atoms with Crippen LogP contribution in [0.25, 0.3) is 11.2 Å². The summed E-state index contributed by atoms with van der Waals surface area (Å²) in [5.74, 6) is -0.922. The zero-order valence-corrected chi connectivity index (χ0v) is 16.0. The highest BCUT2D eigenvalue weighted by molar-refractivity contribution is 6.20. The number of fused-ring (bicyclic) bond motifs is 2. The van der Waals surface area contributed by atoms with E-state index in [1.165, 1.54) is 17.9 Å². The van der Waals surface area contributed by atoms with Gasteiger partial charge in [-0.3, -0.25) is 28.4 Å². The number of hydrogen-bond acceptors (Lipinski definition) is 6. The molecule has 0 saturated heterocycles. The van der Waals surface area contributed by atoms with Gasteiger partial charge in [-0.15, -0.1) is 5.06 Å². The Bertz CT molecular complexity index is 1220. The van der Waals surface area contributed by atoms with Crippen LogP contribution in [0, 0.1) is 0 Å². The van der Waals surface area contributed by atoms with Crippen LogP contribution in [-0.4, -0.2) is 42.2 Å². The van der Waals surface area contributed by atoms with Crippen molar-refractivity contribution in [2.24, 2.45) is 14.1 Å². The van der Waals surface area contributed by atoms with Gasteiger partial charge in [0.1, 0.15) is 5.65 Å². The highest BCUT2D eigenvalue weighted by atomic mass is 16.7. The fourth-order valence-corrected chi connectivity index (χ4v) is 3.43. The number of aromatic nitrogens is 4. The fraction of sp³-hybridized carbons (Fsp3) is 0.316. The van der Waals surface area contributed by atoms with Crippen LogP contribution in [0.5, 0.6) is 0 Å². The van der Waals surface area contributed by atoms with Gasteiger partial charge >= 0.3 is 5.69 Å². The van der Waals surface area contributed by atoms with E-state index in [4.69, 9.17) is 4.84 Å². The summed E-state index contributed by atoms with van der Waals surface area (Å²) in [6, 6.07) is 6.59. The number of imidazole rings is 1. The number of rotatable bonds is 6. The first-order chi connectivity index (χ1) is 13.9. The predicted octanol–water partition coefficient (Wildman–Crippen LogP) is 0.442. The lowest BCUT2D eigenvalue weighted by Crippen LogP contribution is -2.37. The lowest BCUT2D eigenvalue weighted by atomic mass is 10.1. The van der Waals surface area contributed by atoms with Gasteiger partial charge in [-0.25, -0.2) is 9.78 Å². The molecule has 4 rings (SSSR count). The molecule has 0 unspecified atom stereocenters. The topological polar surface area (TPSA) is 108 Å². The molecule has 10 heteroatoms. The van der Waals surface area contributed by atoms with Gasteiger partial charge in [0.2, 0.25) is 0 Å². The SMILES string of the molecule is Cn1c(=O)c2ncn(CCCCON3C(=O)c4ccccc4C3=O)c2n(C)c1=O. The average Bonchev–Trinajstić information content (AvgIpc) is 3.25. The summed E-state index contributed by atoms with van der Waals surface area (Å²) in [6.45, 7) is 0.682. The number of benzene rings is 1. The predicted molar refractivity (Wildman–Crippen MR) is 102 cm³/mol. The van der Waals surface area contributed by atoms with Crippen LogP contribution in [0.15, 0.2) is 40.2 Å². The molecule has 10 nitrogen and oxygen atoms in total. The minimum absolute atomic E-state index is 0.179. The van der Waals surface area contributed by atoms with Crippen LogP contribution in [0.3, 0.4) is 0 Å². The van der Waals surface area contributed by atoms with Crippen LogP contribution >= 0.6 is 0 Å². The Morgan fingerprint density at radius 1 is 0.931 bits per heavy atom. The van der Waals surface area contributed by atoms with Crippen molar-refractivity contribution in [3.05, 3.63) is 62.6 Å². The van der Waals surface area contributed by atoms with Gasteiger partial charge in [-0.05, 0) is 25.0 Å². The molecule has 0 radical (unpaired) electrons. The largest absolute Gasteiger partial charge is 0.332 e. The summed E-state index contributed by atoms with van der Waals surface area (Å²) in [4.78, 5) is 58.3. The zero-order valence-electron chi connectivity index (χ0n) is 16.0. The summed E-state index contributed by atoms with van der Waals surface area (Å²) in [6.07, 6.45) is 2.72. The molecule has 0 spiro atoms. The second-order valence-electron chi connectivity index (χ2n) is 6.81. The van der Waals surface area contributed by atoms with E-state index in [1.54, 1.807) is 35.9 Å². The van der Waals surface area contributed by atoms with Gasteiger partial charge in [0, 0.05) is 20.6 Å². The minimum Gasteiger partial charge on any atom is -0.316 e. The third-order valence-corrected chi connectivity index (χ3v) is 4.98. The summed E-state index contributed by atoms with van der Waals surface area (Å²) in [5, 5.41) is 0.796. The number of carbonyl (C=O) groups excluding carboxylic acids is 2. The number of carbonyl (C=O) groups is 2. The van der Waals surface area contributed by atoms with Crippen LogP contribution in [0.1, 0.15) is 33.6 Å². The smallest absolute Gasteiger partial charge is 0.316 e. The van der Waals surface area contributed by atoms with Gasteiger partial charge in [-0.1, -0.05) is 12.1 Å². The van der Waals surface area contributed by atoms with E-state index in [0.29, 0.717) is 36.2 Å². The molecule has 0 aliphatic carbocycles. The molecule has 29 heavy (non-hydrogen) atoms. The zero-order chi connectivity index (χ0) is 20.7. The van der Waals surface area contributed by atoms with E-state index in [2.05, 4.69) is 4.98 Å². The molecule has 0 saturated carbocycles. The number of hydrogen-bond donors (Lipinski definition) is 0. The first kappa shape index (κ1) is 18.8. The van der Waals surface area contributed by atoms with E-state index in [0.717, 1.165) is 9.63 Å². The lowest BCUT2D eigenvalue weighted by Gasteiger charge is -2.13. The van der Waals surface area contributed by atoms with Crippen molar-refractivity contribution < 1.29 is 14.4 Å². The Labute approximate surface area is 164 Å². The van der Waals surface area contributed by atoms with E-state index in [9.17, 15) is 19.2 Å². The van der Waals surface area contributed by atoms with Crippen LogP contribution < -0.4 is 11.2 Å². The Kier molecular flexibility index (Phi) is 4.63. The molecule has 0 bridgehead atoms. The van der Waals surface area contributed by atoms with Gasteiger partial charge in [0.25, 0.3) is 17.4 Å². The first-order valence-electron chi connectivity index (χ1n) is 9.13. The Morgan fingerprint density at radius 2 is 1.59 bits per heavy atom. The summed E-state index contributed by atoms with van der Waals surface area (Å²) >= 11 is 0. The standard InChI is InChI=1S/C19H19N5O5/c1-21-15-14(18(27)22(2)19(21)28)20-11-23(15)9-5-6-10-29-24-16(25)12-7-3-4-8-13(12)17(24)26/h3-4,7-8,11H,5-6,9-10H2,1-2H3. The molecular weight excluding hydrogens is 378 g/mol. The first-order valence-corrected chi connectivity index (χ1v) is 9.13. The molecule has 2 aromatic heterocycles. The molecule has 0 N–H and O–H groups in total. The molecular formula is C19H19N5O5. The number of amides is 2. The number of nitrogens with zero attached hydrogens (tertiary/aromatic N) is 5. The number of imide groups is 1. The van der Waals surface area contributed by atoms with E-state index in [1.807, 2.05) is 0 Å². The van der Waals surface area contributed by atoms with Crippen molar-refractivity contribution in [1.29, 1.82) is 0 Å². The van der Waals surface area contributed by atoms with Crippen LogP contribution in [-0.2, 0) is 25.5 Å². The van der Waals surface area contributed by atoms with E-state index < -0.39 is 23.1 Å². The summed E-state index contributed by atoms with van der Waals surface area (Å²) in [5.41, 5.74) is 0.514. The molecule has 3 aromatic rings.